The van der Waals surface area contributed by atoms with Gasteiger partial charge in [0.15, 0.2) is 0 Å². The van der Waals surface area contributed by atoms with Gasteiger partial charge in [-0.2, -0.15) is 11.3 Å². The molecule has 0 saturated carbocycles. The molecule has 0 unspecified atom stereocenters. The maximum atomic E-state index is 7.75. The fourth-order valence-electron chi connectivity index (χ4n) is 0.851. The molecule has 15 heavy (non-hydrogen) atoms. The number of benzene rings is 1. The van der Waals surface area contributed by atoms with Crippen molar-refractivity contribution in [2.75, 3.05) is 13.2 Å². The number of nitrogens with two attached hydrogens (primary N) is 1. The van der Waals surface area contributed by atoms with E-state index in [0.29, 0.717) is 6.54 Å². The summed E-state index contributed by atoms with van der Waals surface area (Å²) in [5.74, 6) is 0. The Bertz CT molecular complexity index is 403. The van der Waals surface area contributed by atoms with Crippen LogP contribution in [0.2, 0.25) is 0 Å². The van der Waals surface area contributed by atoms with Crippen molar-refractivity contribution < 1.29 is 34.7 Å². The van der Waals surface area contributed by atoms with Crippen LogP contribution in [0.15, 0.2) is 24.3 Å². The Morgan fingerprint density at radius 2 is 2.00 bits per heavy atom. The molecule has 3 nitrogen and oxygen atoms in total. The molecule has 0 aliphatic carbocycles. The van der Waals surface area contributed by atoms with Crippen LogP contribution in [-0.4, -0.2) is 18.3 Å². The third-order valence-electron chi connectivity index (χ3n) is 1.40. The van der Waals surface area contributed by atoms with Crippen molar-refractivity contribution in [2.45, 2.75) is 0 Å². The molecule has 1 aromatic carbocycles. The maximum absolute atomic E-state index is 7.75. The molecule has 0 bridgehead atoms. The van der Waals surface area contributed by atoms with Crippen molar-refractivity contribution in [3.05, 3.63) is 28.2 Å². The van der Waals surface area contributed by atoms with E-state index in [-0.39, 0.29) is 36.2 Å². The van der Waals surface area contributed by atoms with Gasteiger partial charge in [-0.05, 0) is 10.0 Å². The molecule has 76 valence electrons. The number of hydrogen-bond donors (Lipinski definition) is 2. The van der Waals surface area contributed by atoms with E-state index in [1.165, 1.54) is 4.70 Å². The van der Waals surface area contributed by atoms with E-state index in [0.717, 1.165) is 9.47 Å². The Kier molecular flexibility index (Phi) is 8.55. The summed E-state index contributed by atoms with van der Waals surface area (Å²) >= 11 is 6.48. The van der Waals surface area contributed by atoms with E-state index in [4.69, 9.17) is 23.1 Å². The van der Waals surface area contributed by atoms with Gasteiger partial charge >= 0.3 is 29.6 Å². The largest absolute Gasteiger partial charge is 1.00 e. The quantitative estimate of drug-likeness (QED) is 0.479. The van der Waals surface area contributed by atoms with Crippen molar-refractivity contribution in [3.8, 4) is 0 Å². The molecule has 0 atom stereocenters. The van der Waals surface area contributed by atoms with Gasteiger partial charge in [-0.3, -0.25) is 0 Å². The monoisotopic (exact) mass is 250 g/mol. The molecule has 0 aliphatic heterocycles. The number of nitrogens with zero attached hydrogens (tertiary/aromatic N) is 1. The minimum absolute atomic E-state index is 0. The summed E-state index contributed by atoms with van der Waals surface area (Å²) in [6.07, 6.45) is 0. The zero-order valence-corrected chi connectivity index (χ0v) is 12.1. The summed E-state index contributed by atoms with van der Waals surface area (Å²) in [5.41, 5.74) is 5.79. The molecule has 0 fully saturated rings. The van der Waals surface area contributed by atoms with Gasteiger partial charge in [0.2, 0.25) is 0 Å². The minimum atomic E-state index is 0. The molecule has 0 spiro atoms. The predicted octanol–water partition coefficient (Wildman–Crippen LogP) is -1.47. The Balaban J connectivity index is 0.000000346. The van der Waals surface area contributed by atoms with Gasteiger partial charge in [0.25, 0.3) is 0 Å². The predicted molar refractivity (Wildman–Crippen MR) is 62.1 cm³/mol. The molecular formula is C9H11N2NaOS2. The average molecular weight is 250 g/mol. The number of aromatic nitrogens is 1. The molecule has 0 amide bonds. The standard InChI is InChI=1S/C7H5NS2.C2H7NO.Na/c9-7-8-5-3-1-2-4-6(5)10-7;3-1-2-4;/h1-4H,(H,8,9);4H,1-3H2;/q;;+1/p-1. The Morgan fingerprint density at radius 1 is 1.40 bits per heavy atom. The van der Waals surface area contributed by atoms with Gasteiger partial charge in [0, 0.05) is 11.2 Å². The van der Waals surface area contributed by atoms with Crippen LogP contribution < -0.4 is 40.3 Å². The molecule has 6 heteroatoms. The number of aliphatic hydroxyl groups excluding tert-OH is 1. The Hall–Kier alpha value is 0.250. The van der Waals surface area contributed by atoms with E-state index in [1.54, 1.807) is 11.3 Å². The molecule has 1 aromatic heterocycles. The van der Waals surface area contributed by atoms with Crippen molar-refractivity contribution in [2.24, 2.45) is 5.73 Å². The van der Waals surface area contributed by atoms with E-state index >= 15 is 0 Å². The number of rotatable bonds is 1. The number of para-hydroxylation sites is 1. The van der Waals surface area contributed by atoms with E-state index in [9.17, 15) is 0 Å². The van der Waals surface area contributed by atoms with Gasteiger partial charge in [-0.25, -0.2) is 0 Å². The fourth-order valence-corrected chi connectivity index (χ4v) is 1.92. The molecule has 3 N–H and O–H groups in total. The number of aliphatic hydroxyl groups is 1. The van der Waals surface area contributed by atoms with Crippen LogP contribution in [0.25, 0.3) is 10.2 Å². The Morgan fingerprint density at radius 3 is 2.53 bits per heavy atom. The van der Waals surface area contributed by atoms with Crippen LogP contribution in [0.1, 0.15) is 0 Å². The molecule has 0 aliphatic rings. The first kappa shape index (κ1) is 15.2. The second-order valence-electron chi connectivity index (χ2n) is 2.46. The average Bonchev–Trinajstić information content (AvgIpc) is 2.58. The first-order valence-electron chi connectivity index (χ1n) is 4.11. The van der Waals surface area contributed by atoms with Gasteiger partial charge in [-0.1, -0.05) is 30.4 Å². The third-order valence-corrected chi connectivity index (χ3v) is 2.58. The summed E-state index contributed by atoms with van der Waals surface area (Å²) < 4.78 is 1.90. The molecule has 2 aromatic rings. The summed E-state index contributed by atoms with van der Waals surface area (Å²) in [5, 5.41) is 7.75. The van der Waals surface area contributed by atoms with Crippen LogP contribution in [-0.2, 0) is 0 Å². The normalized spacial score (nSPS) is 8.93. The van der Waals surface area contributed by atoms with Crippen molar-refractivity contribution in [1.29, 1.82) is 0 Å². The SMILES string of the molecule is NCCO.S=c1[n-]c2ccccc2s1.[Na+]. The smallest absolute Gasteiger partial charge is 0.639 e. The number of fused-ring (bicyclic) bond motifs is 1. The second-order valence-corrected chi connectivity index (χ2v) is 4.14. The molecule has 2 rings (SSSR count). The van der Waals surface area contributed by atoms with Gasteiger partial charge < -0.3 is 15.8 Å². The second kappa shape index (κ2) is 8.41. The van der Waals surface area contributed by atoms with Crippen molar-refractivity contribution in [3.63, 3.8) is 0 Å². The molecule has 0 radical (unpaired) electrons. The van der Waals surface area contributed by atoms with Crippen LogP contribution in [0, 0.1) is 3.95 Å². The molecule has 0 saturated heterocycles. The van der Waals surface area contributed by atoms with E-state index < -0.39 is 0 Å². The molecule has 1 heterocycles. The van der Waals surface area contributed by atoms with E-state index in [1.807, 2.05) is 24.3 Å². The zero-order valence-electron chi connectivity index (χ0n) is 8.51. The van der Waals surface area contributed by atoms with Crippen molar-refractivity contribution in [1.82, 2.24) is 4.98 Å². The minimum Gasteiger partial charge on any atom is -0.639 e. The maximum Gasteiger partial charge on any atom is 1.00 e. The van der Waals surface area contributed by atoms with Crippen LogP contribution in [0.3, 0.4) is 0 Å². The summed E-state index contributed by atoms with van der Waals surface area (Å²) in [7, 11) is 0. The topological polar surface area (TPSA) is 60.4 Å². The first-order chi connectivity index (χ1) is 6.77. The number of thiazole rings is 1. The van der Waals surface area contributed by atoms with Crippen LogP contribution in [0.5, 0.6) is 0 Å². The van der Waals surface area contributed by atoms with Crippen LogP contribution >= 0.6 is 23.6 Å². The van der Waals surface area contributed by atoms with E-state index in [2.05, 4.69) is 4.98 Å². The zero-order chi connectivity index (χ0) is 10.4. The van der Waals surface area contributed by atoms with Gasteiger partial charge in [0.1, 0.15) is 0 Å². The Labute approximate surface area is 120 Å². The fraction of sp³-hybridized carbons (Fsp3) is 0.222. The number of hydrogen-bond acceptors (Lipinski definition) is 4. The summed E-state index contributed by atoms with van der Waals surface area (Å²) in [6, 6.07) is 7.97. The van der Waals surface area contributed by atoms with Crippen molar-refractivity contribution >= 4 is 33.8 Å². The van der Waals surface area contributed by atoms with Gasteiger partial charge in [-0.15, -0.1) is 5.52 Å². The van der Waals surface area contributed by atoms with Gasteiger partial charge in [0.05, 0.1) is 6.61 Å². The third kappa shape index (κ3) is 5.21. The van der Waals surface area contributed by atoms with Crippen LogP contribution in [0.4, 0.5) is 0 Å². The summed E-state index contributed by atoms with van der Waals surface area (Å²) in [4.78, 5) is 4.15. The molecular weight excluding hydrogens is 239 g/mol. The summed E-state index contributed by atoms with van der Waals surface area (Å²) in [6.45, 7) is 0.472. The first-order valence-corrected chi connectivity index (χ1v) is 5.34.